The molecule has 2 saturated heterocycles. The number of halogens is 1. The number of rotatable bonds is 2. The molecule has 0 unspecified atom stereocenters. The zero-order valence-corrected chi connectivity index (χ0v) is 11.5. The molecule has 2 heterocycles. The summed E-state index contributed by atoms with van der Waals surface area (Å²) < 4.78 is 0. The molecule has 1 N–H and O–H groups in total. The fourth-order valence-corrected chi connectivity index (χ4v) is 3.42. The predicted molar refractivity (Wildman–Crippen MR) is 74.9 cm³/mol. The number of benzene rings is 1. The molecule has 0 spiro atoms. The molecule has 6 heteroatoms. The fraction of sp³-hybridized carbons (Fsp3) is 0.538. The van der Waals surface area contributed by atoms with Gasteiger partial charge in [-0.15, -0.1) is 0 Å². The van der Waals surface area contributed by atoms with Crippen LogP contribution in [-0.2, 0) is 0 Å². The Hall–Kier alpha value is -1.33. The van der Waals surface area contributed by atoms with Crippen molar-refractivity contribution in [3.05, 3.63) is 32.8 Å². The molecule has 5 nitrogen and oxygen atoms in total. The highest BCUT2D eigenvalue weighted by atomic mass is 35.5. The molecule has 2 aliphatic rings. The van der Waals surface area contributed by atoms with Gasteiger partial charge in [-0.3, -0.25) is 10.1 Å². The number of nitro groups is 1. The molecule has 1 aromatic rings. The number of nitrogens with zero attached hydrogens (tertiary/aromatic N) is 2. The lowest BCUT2D eigenvalue weighted by atomic mass is 10.0. The van der Waals surface area contributed by atoms with Crippen molar-refractivity contribution >= 4 is 23.0 Å². The van der Waals surface area contributed by atoms with Crippen LogP contribution in [0.25, 0.3) is 0 Å². The van der Waals surface area contributed by atoms with Gasteiger partial charge in [-0.2, -0.15) is 0 Å². The first-order valence-corrected chi connectivity index (χ1v) is 6.84. The number of anilines is 1. The van der Waals surface area contributed by atoms with Crippen LogP contribution in [0.3, 0.4) is 0 Å². The summed E-state index contributed by atoms with van der Waals surface area (Å²) in [6.45, 7) is 6.06. The number of nitro benzene ring substituents is 1. The first-order chi connectivity index (χ1) is 9.06. The zero-order valence-electron chi connectivity index (χ0n) is 10.7. The SMILES string of the molecule is Cc1cc([N+](=O)[O-])c(Cl)cc1N1C[C@H]2CNC[C@H]2C1. The molecule has 19 heavy (non-hydrogen) atoms. The van der Waals surface area contributed by atoms with Gasteiger partial charge >= 0.3 is 0 Å². The third-order valence-electron chi connectivity index (χ3n) is 4.19. The van der Waals surface area contributed by atoms with Gasteiger partial charge in [-0.05, 0) is 30.4 Å². The maximum Gasteiger partial charge on any atom is 0.288 e. The second kappa shape index (κ2) is 4.65. The molecule has 0 saturated carbocycles. The van der Waals surface area contributed by atoms with Crippen LogP contribution in [0, 0.1) is 28.9 Å². The molecule has 0 aliphatic carbocycles. The van der Waals surface area contributed by atoms with Crippen molar-refractivity contribution in [2.75, 3.05) is 31.1 Å². The molecule has 102 valence electrons. The van der Waals surface area contributed by atoms with Crippen LogP contribution >= 0.6 is 11.6 Å². The predicted octanol–water partition coefficient (Wildman–Crippen LogP) is 2.21. The lowest BCUT2D eigenvalue weighted by molar-refractivity contribution is -0.384. The molecule has 0 radical (unpaired) electrons. The van der Waals surface area contributed by atoms with E-state index in [0.717, 1.165) is 37.4 Å². The van der Waals surface area contributed by atoms with Crippen LogP contribution in [0.15, 0.2) is 12.1 Å². The van der Waals surface area contributed by atoms with Crippen LogP contribution in [0.1, 0.15) is 5.56 Å². The van der Waals surface area contributed by atoms with Crippen molar-refractivity contribution in [1.29, 1.82) is 0 Å². The van der Waals surface area contributed by atoms with Crippen LogP contribution in [0.5, 0.6) is 0 Å². The standard InChI is InChI=1S/C13H16ClN3O2/c1-8-2-13(17(18)19)11(14)3-12(8)16-6-9-4-15-5-10(9)7-16/h2-3,9-10,15H,4-7H2,1H3/t9-,10+. The van der Waals surface area contributed by atoms with Crippen molar-refractivity contribution in [3.8, 4) is 0 Å². The third-order valence-corrected chi connectivity index (χ3v) is 4.50. The second-order valence-electron chi connectivity index (χ2n) is 5.43. The smallest absolute Gasteiger partial charge is 0.288 e. The van der Waals surface area contributed by atoms with Crippen molar-refractivity contribution in [2.45, 2.75) is 6.92 Å². The zero-order chi connectivity index (χ0) is 13.6. The maximum atomic E-state index is 10.9. The van der Waals surface area contributed by atoms with Gasteiger partial charge in [-0.25, -0.2) is 0 Å². The van der Waals surface area contributed by atoms with Crippen LogP contribution in [0.2, 0.25) is 5.02 Å². The van der Waals surface area contributed by atoms with Gasteiger partial charge < -0.3 is 10.2 Å². The summed E-state index contributed by atoms with van der Waals surface area (Å²) in [7, 11) is 0. The van der Waals surface area contributed by atoms with E-state index in [1.165, 1.54) is 0 Å². The third kappa shape index (κ3) is 2.17. The van der Waals surface area contributed by atoms with Gasteiger partial charge in [0.05, 0.1) is 4.92 Å². The van der Waals surface area contributed by atoms with Crippen LogP contribution in [-0.4, -0.2) is 31.1 Å². The summed E-state index contributed by atoms with van der Waals surface area (Å²) >= 11 is 6.01. The Balaban J connectivity index is 1.89. The van der Waals surface area contributed by atoms with E-state index >= 15 is 0 Å². The van der Waals surface area contributed by atoms with Crippen molar-refractivity contribution < 1.29 is 4.92 Å². The molecule has 1 aromatic carbocycles. The highest BCUT2D eigenvalue weighted by Crippen LogP contribution is 2.36. The lowest BCUT2D eigenvalue weighted by Gasteiger charge is -2.22. The van der Waals surface area contributed by atoms with E-state index in [-0.39, 0.29) is 10.7 Å². The monoisotopic (exact) mass is 281 g/mol. The van der Waals surface area contributed by atoms with E-state index in [1.807, 2.05) is 6.92 Å². The van der Waals surface area contributed by atoms with E-state index in [2.05, 4.69) is 10.2 Å². The summed E-state index contributed by atoms with van der Waals surface area (Å²) in [6, 6.07) is 3.31. The summed E-state index contributed by atoms with van der Waals surface area (Å²) in [4.78, 5) is 12.7. The highest BCUT2D eigenvalue weighted by Gasteiger charge is 2.36. The molecule has 2 aliphatic heterocycles. The Morgan fingerprint density at radius 1 is 1.37 bits per heavy atom. The van der Waals surface area contributed by atoms with Gasteiger partial charge in [-0.1, -0.05) is 11.6 Å². The average molecular weight is 282 g/mol. The summed E-state index contributed by atoms with van der Waals surface area (Å²) in [5.74, 6) is 1.38. The number of hydrogen-bond acceptors (Lipinski definition) is 4. The van der Waals surface area contributed by atoms with E-state index in [9.17, 15) is 10.1 Å². The van der Waals surface area contributed by atoms with Crippen molar-refractivity contribution in [3.63, 3.8) is 0 Å². The van der Waals surface area contributed by atoms with Crippen LogP contribution < -0.4 is 10.2 Å². The molecule has 3 rings (SSSR count). The minimum Gasteiger partial charge on any atom is -0.371 e. The summed E-state index contributed by atoms with van der Waals surface area (Å²) in [6.07, 6.45) is 0. The molecule has 0 aromatic heterocycles. The fourth-order valence-electron chi connectivity index (χ4n) is 3.19. The van der Waals surface area contributed by atoms with Gasteiger partial charge in [0.15, 0.2) is 0 Å². The summed E-state index contributed by atoms with van der Waals surface area (Å²) in [5.41, 5.74) is 1.94. The van der Waals surface area contributed by atoms with Crippen molar-refractivity contribution in [1.82, 2.24) is 5.32 Å². The Kier molecular flexibility index (Phi) is 3.11. The first kappa shape index (κ1) is 12.7. The number of hydrogen-bond donors (Lipinski definition) is 1. The molecular formula is C13H16ClN3O2. The molecule has 0 amide bonds. The number of aryl methyl sites for hydroxylation is 1. The van der Waals surface area contributed by atoms with E-state index in [4.69, 9.17) is 11.6 Å². The first-order valence-electron chi connectivity index (χ1n) is 6.46. The molecule has 0 bridgehead atoms. The highest BCUT2D eigenvalue weighted by molar-refractivity contribution is 6.33. The molecule has 2 atom stereocenters. The van der Waals surface area contributed by atoms with Crippen molar-refractivity contribution in [2.24, 2.45) is 11.8 Å². The molecular weight excluding hydrogens is 266 g/mol. The molecule has 2 fully saturated rings. The Morgan fingerprint density at radius 3 is 2.58 bits per heavy atom. The lowest BCUT2D eigenvalue weighted by Crippen LogP contribution is -2.26. The van der Waals surface area contributed by atoms with E-state index in [1.54, 1.807) is 12.1 Å². The van der Waals surface area contributed by atoms with E-state index in [0.29, 0.717) is 11.8 Å². The Labute approximate surface area is 116 Å². The maximum absolute atomic E-state index is 10.9. The van der Waals surface area contributed by atoms with Gasteiger partial charge in [0.1, 0.15) is 5.02 Å². The summed E-state index contributed by atoms with van der Waals surface area (Å²) in [5, 5.41) is 14.5. The average Bonchev–Trinajstić information content (AvgIpc) is 2.91. The number of fused-ring (bicyclic) bond motifs is 1. The van der Waals surface area contributed by atoms with Gasteiger partial charge in [0.25, 0.3) is 5.69 Å². The Bertz CT molecular complexity index is 523. The minimum atomic E-state index is -0.429. The van der Waals surface area contributed by atoms with Crippen LogP contribution in [0.4, 0.5) is 11.4 Å². The number of nitrogens with one attached hydrogen (secondary N) is 1. The van der Waals surface area contributed by atoms with Gasteiger partial charge in [0, 0.05) is 37.9 Å². The van der Waals surface area contributed by atoms with E-state index < -0.39 is 4.92 Å². The minimum absolute atomic E-state index is 0.0102. The topological polar surface area (TPSA) is 58.4 Å². The Morgan fingerprint density at radius 2 is 2.00 bits per heavy atom. The van der Waals surface area contributed by atoms with Gasteiger partial charge in [0.2, 0.25) is 0 Å². The normalized spacial score (nSPS) is 25.7. The largest absolute Gasteiger partial charge is 0.371 e. The second-order valence-corrected chi connectivity index (χ2v) is 5.84. The quantitative estimate of drug-likeness (QED) is 0.667.